The molecular formula is C21H17N3O3S. The van der Waals surface area contributed by atoms with E-state index in [2.05, 4.69) is 15.6 Å². The lowest BCUT2D eigenvalue weighted by Crippen LogP contribution is -2.18. The highest BCUT2D eigenvalue weighted by Crippen LogP contribution is 2.27. The topological polar surface area (TPSA) is 84.2 Å². The Labute approximate surface area is 165 Å². The van der Waals surface area contributed by atoms with Crippen molar-refractivity contribution in [2.45, 2.75) is 13.5 Å². The zero-order valence-electron chi connectivity index (χ0n) is 15.1. The maximum absolute atomic E-state index is 12.5. The van der Waals surface area contributed by atoms with Gasteiger partial charge in [0.15, 0.2) is 10.9 Å². The summed E-state index contributed by atoms with van der Waals surface area (Å²) in [7, 11) is 0. The Morgan fingerprint density at radius 2 is 1.89 bits per heavy atom. The van der Waals surface area contributed by atoms with Crippen LogP contribution in [-0.4, -0.2) is 16.8 Å². The van der Waals surface area contributed by atoms with Crippen LogP contribution in [0.1, 0.15) is 23.0 Å². The molecule has 0 spiro atoms. The van der Waals surface area contributed by atoms with Crippen molar-refractivity contribution in [2.75, 3.05) is 5.32 Å². The van der Waals surface area contributed by atoms with Gasteiger partial charge >= 0.3 is 0 Å². The van der Waals surface area contributed by atoms with Crippen molar-refractivity contribution in [3.63, 3.8) is 0 Å². The normalized spacial score (nSPS) is 10.8. The van der Waals surface area contributed by atoms with Crippen LogP contribution in [0, 0.1) is 0 Å². The van der Waals surface area contributed by atoms with Crippen LogP contribution in [0.4, 0.5) is 5.13 Å². The fraction of sp³-hybridized carbons (Fsp3) is 0.0952. The van der Waals surface area contributed by atoms with Gasteiger partial charge in [0, 0.05) is 17.9 Å². The number of carbonyl (C=O) groups excluding carboxylic acids is 2. The molecule has 0 saturated heterocycles. The molecule has 0 saturated carbocycles. The summed E-state index contributed by atoms with van der Waals surface area (Å²) in [6, 6.07) is 17.1. The van der Waals surface area contributed by atoms with Gasteiger partial charge in [-0.15, -0.1) is 11.3 Å². The molecule has 0 fully saturated rings. The molecule has 0 aliphatic rings. The summed E-state index contributed by atoms with van der Waals surface area (Å²) in [5, 5.41) is 9.92. The number of amides is 2. The second-order valence-electron chi connectivity index (χ2n) is 6.23. The molecule has 2 heterocycles. The molecule has 4 aromatic rings. The number of nitrogens with zero attached hydrogens (tertiary/aromatic N) is 1. The molecule has 2 aromatic carbocycles. The number of hydrogen-bond donors (Lipinski definition) is 2. The van der Waals surface area contributed by atoms with Gasteiger partial charge in [-0.3, -0.25) is 14.9 Å². The van der Waals surface area contributed by atoms with Crippen molar-refractivity contribution in [1.29, 1.82) is 0 Å². The number of aromatic nitrogens is 1. The lowest BCUT2D eigenvalue weighted by atomic mass is 10.1. The van der Waals surface area contributed by atoms with Crippen molar-refractivity contribution in [1.82, 2.24) is 10.3 Å². The lowest BCUT2D eigenvalue weighted by molar-refractivity contribution is -0.119. The zero-order chi connectivity index (χ0) is 19.5. The molecule has 0 aliphatic heterocycles. The van der Waals surface area contributed by atoms with Gasteiger partial charge in [0.2, 0.25) is 5.91 Å². The van der Waals surface area contributed by atoms with Crippen LogP contribution < -0.4 is 10.6 Å². The van der Waals surface area contributed by atoms with Crippen LogP contribution >= 0.6 is 11.3 Å². The van der Waals surface area contributed by atoms with Crippen molar-refractivity contribution in [2.24, 2.45) is 0 Å². The Kier molecular flexibility index (Phi) is 4.90. The van der Waals surface area contributed by atoms with Gasteiger partial charge in [0.25, 0.3) is 5.91 Å². The highest BCUT2D eigenvalue weighted by atomic mass is 32.1. The summed E-state index contributed by atoms with van der Waals surface area (Å²) >= 11 is 1.33. The second-order valence-corrected chi connectivity index (χ2v) is 7.09. The predicted molar refractivity (Wildman–Crippen MR) is 109 cm³/mol. The molecule has 2 aromatic heterocycles. The Morgan fingerprint density at radius 1 is 1.07 bits per heavy atom. The van der Waals surface area contributed by atoms with E-state index >= 15 is 0 Å². The summed E-state index contributed by atoms with van der Waals surface area (Å²) in [6.45, 7) is 1.78. The summed E-state index contributed by atoms with van der Waals surface area (Å²) in [5.74, 6) is 0.894. The number of hydrogen-bond acceptors (Lipinski definition) is 5. The molecular weight excluding hydrogens is 374 g/mol. The van der Waals surface area contributed by atoms with Crippen molar-refractivity contribution in [3.8, 4) is 11.5 Å². The van der Waals surface area contributed by atoms with Gasteiger partial charge in [0.1, 0.15) is 11.5 Å². The lowest BCUT2D eigenvalue weighted by Gasteiger charge is -2.03. The van der Waals surface area contributed by atoms with Gasteiger partial charge in [-0.25, -0.2) is 4.98 Å². The summed E-state index contributed by atoms with van der Waals surface area (Å²) in [4.78, 5) is 28.0. The van der Waals surface area contributed by atoms with E-state index in [1.807, 2.05) is 41.8 Å². The van der Waals surface area contributed by atoms with Crippen LogP contribution in [-0.2, 0) is 11.3 Å². The molecule has 4 rings (SSSR count). The quantitative estimate of drug-likeness (QED) is 0.527. The monoisotopic (exact) mass is 391 g/mol. The van der Waals surface area contributed by atoms with E-state index in [1.165, 1.54) is 18.3 Å². The third-order valence-corrected chi connectivity index (χ3v) is 4.92. The number of thiazole rings is 1. The highest BCUT2D eigenvalue weighted by molar-refractivity contribution is 7.14. The maximum Gasteiger partial charge on any atom is 0.257 e. The molecule has 0 radical (unpaired) electrons. The summed E-state index contributed by atoms with van der Waals surface area (Å²) in [6.07, 6.45) is 0. The first-order valence-electron chi connectivity index (χ1n) is 8.68. The highest BCUT2D eigenvalue weighted by Gasteiger charge is 2.13. The Bertz CT molecular complexity index is 1160. The van der Waals surface area contributed by atoms with Gasteiger partial charge in [0.05, 0.1) is 6.54 Å². The Morgan fingerprint density at radius 3 is 2.71 bits per heavy atom. The van der Waals surface area contributed by atoms with Crippen LogP contribution in [0.2, 0.25) is 0 Å². The maximum atomic E-state index is 12.5. The van der Waals surface area contributed by atoms with Crippen molar-refractivity contribution < 1.29 is 14.0 Å². The third-order valence-electron chi connectivity index (χ3n) is 4.16. The number of rotatable bonds is 5. The molecule has 2 amide bonds. The first kappa shape index (κ1) is 17.9. The van der Waals surface area contributed by atoms with Gasteiger partial charge < -0.3 is 9.73 Å². The molecule has 6 nitrogen and oxygen atoms in total. The molecule has 0 aliphatic carbocycles. The van der Waals surface area contributed by atoms with Gasteiger partial charge in [-0.2, -0.15) is 0 Å². The standard InChI is InChI=1S/C21H17N3O3S/c1-13(25)22-11-17-8-9-19(27-17)18-12-28-21(23-18)24-20(26)16-7-6-14-4-2-3-5-15(14)10-16/h2-10,12H,11H2,1H3,(H,22,25)(H,23,24,26). The molecule has 0 bridgehead atoms. The van der Waals surface area contributed by atoms with E-state index in [-0.39, 0.29) is 11.8 Å². The minimum Gasteiger partial charge on any atom is -0.458 e. The largest absolute Gasteiger partial charge is 0.458 e. The fourth-order valence-corrected chi connectivity index (χ4v) is 3.46. The Balaban J connectivity index is 1.46. The smallest absolute Gasteiger partial charge is 0.257 e. The minimum absolute atomic E-state index is 0.120. The summed E-state index contributed by atoms with van der Waals surface area (Å²) < 4.78 is 5.69. The van der Waals surface area contributed by atoms with Gasteiger partial charge in [-0.1, -0.05) is 30.3 Å². The average molecular weight is 391 g/mol. The minimum atomic E-state index is -0.211. The first-order valence-corrected chi connectivity index (χ1v) is 9.56. The van der Waals surface area contributed by atoms with Crippen LogP contribution in [0.25, 0.3) is 22.2 Å². The molecule has 2 N–H and O–H groups in total. The van der Waals surface area contributed by atoms with Gasteiger partial charge in [-0.05, 0) is 35.0 Å². The zero-order valence-corrected chi connectivity index (χ0v) is 15.9. The van der Waals surface area contributed by atoms with E-state index < -0.39 is 0 Å². The molecule has 7 heteroatoms. The van der Waals surface area contributed by atoms with E-state index in [0.29, 0.717) is 34.5 Å². The number of benzene rings is 2. The second kappa shape index (κ2) is 7.66. The van der Waals surface area contributed by atoms with E-state index in [9.17, 15) is 9.59 Å². The van der Waals surface area contributed by atoms with Crippen molar-refractivity contribution >= 4 is 39.1 Å². The number of anilines is 1. The average Bonchev–Trinajstić information content (AvgIpc) is 3.35. The Hall–Kier alpha value is -3.45. The van der Waals surface area contributed by atoms with E-state index in [4.69, 9.17) is 4.42 Å². The molecule has 140 valence electrons. The molecule has 0 atom stereocenters. The number of nitrogens with one attached hydrogen (secondary N) is 2. The predicted octanol–water partition coefficient (Wildman–Crippen LogP) is 4.44. The van der Waals surface area contributed by atoms with Crippen LogP contribution in [0.15, 0.2) is 64.4 Å². The fourth-order valence-electron chi connectivity index (χ4n) is 2.77. The van der Waals surface area contributed by atoms with Crippen LogP contribution in [0.3, 0.4) is 0 Å². The first-order chi connectivity index (χ1) is 13.6. The summed E-state index contributed by atoms with van der Waals surface area (Å²) in [5.41, 5.74) is 1.21. The van der Waals surface area contributed by atoms with Crippen molar-refractivity contribution in [3.05, 3.63) is 71.3 Å². The molecule has 28 heavy (non-hydrogen) atoms. The number of fused-ring (bicyclic) bond motifs is 1. The van der Waals surface area contributed by atoms with E-state index in [1.54, 1.807) is 18.2 Å². The SMILES string of the molecule is CC(=O)NCc1ccc(-c2csc(NC(=O)c3ccc4ccccc4c3)n2)o1. The third kappa shape index (κ3) is 3.94. The number of furan rings is 1. The van der Waals surface area contributed by atoms with Crippen LogP contribution in [0.5, 0.6) is 0 Å². The van der Waals surface area contributed by atoms with E-state index in [0.717, 1.165) is 10.8 Å². The number of carbonyl (C=O) groups is 2. The molecule has 0 unspecified atom stereocenters.